The number of rotatable bonds is 1. The van der Waals surface area contributed by atoms with Gasteiger partial charge in [0.1, 0.15) is 0 Å². The van der Waals surface area contributed by atoms with Gasteiger partial charge in [-0.05, 0) is 24.3 Å². The van der Waals surface area contributed by atoms with E-state index < -0.39 is 0 Å². The summed E-state index contributed by atoms with van der Waals surface area (Å²) in [7, 11) is 0. The first-order valence-electron chi connectivity index (χ1n) is 3.79. The molecule has 0 saturated carbocycles. The number of aromatic nitrogens is 2. The molecule has 0 bridgehead atoms. The molecular weight excluding hydrogens is 255 g/mol. The molecule has 2 aromatic heterocycles. The van der Waals surface area contributed by atoms with Crippen LogP contribution in [0.25, 0.3) is 11.4 Å². The first kappa shape index (κ1) is 10.0. The second kappa shape index (κ2) is 4.86. The van der Waals surface area contributed by atoms with E-state index in [0.717, 1.165) is 11.4 Å². The van der Waals surface area contributed by atoms with Crippen molar-refractivity contribution >= 4 is 0 Å². The zero-order valence-corrected chi connectivity index (χ0v) is 8.38. The van der Waals surface area contributed by atoms with Gasteiger partial charge in [-0.15, -0.1) is 0 Å². The molecule has 0 atom stereocenters. The van der Waals surface area contributed by atoms with Crippen molar-refractivity contribution in [2.45, 2.75) is 0 Å². The third-order valence-electron chi connectivity index (χ3n) is 1.59. The zero-order chi connectivity index (χ0) is 8.23. The van der Waals surface area contributed by atoms with E-state index in [2.05, 4.69) is 9.97 Å². The number of pyridine rings is 2. The van der Waals surface area contributed by atoms with Crippen molar-refractivity contribution in [3.8, 4) is 11.4 Å². The van der Waals surface area contributed by atoms with E-state index in [1.54, 1.807) is 12.4 Å². The predicted molar refractivity (Wildman–Crippen MR) is 47.5 cm³/mol. The van der Waals surface area contributed by atoms with Gasteiger partial charge in [-0.1, -0.05) is 12.1 Å². The van der Waals surface area contributed by atoms with Crippen LogP contribution in [0.5, 0.6) is 0 Å². The Bertz CT molecular complexity index is 310. The fourth-order valence-corrected chi connectivity index (χ4v) is 1.03. The standard InChI is InChI=1S/C10H8N2.Pd/c1-3-7-11-9(5-1)10-6-2-4-8-12-10;/h1-8H;. The fourth-order valence-electron chi connectivity index (χ4n) is 1.03. The van der Waals surface area contributed by atoms with Gasteiger partial charge in [0.15, 0.2) is 0 Å². The molecule has 0 radical (unpaired) electrons. The van der Waals surface area contributed by atoms with Crippen LogP contribution in [0.1, 0.15) is 0 Å². The van der Waals surface area contributed by atoms with Crippen molar-refractivity contribution in [3.05, 3.63) is 48.8 Å². The predicted octanol–water partition coefficient (Wildman–Crippen LogP) is 2.14. The van der Waals surface area contributed by atoms with E-state index in [0.29, 0.717) is 0 Å². The Labute approximate surface area is 90.7 Å². The summed E-state index contributed by atoms with van der Waals surface area (Å²) in [5, 5.41) is 0. The molecule has 2 rings (SSSR count). The first-order valence-corrected chi connectivity index (χ1v) is 3.79. The minimum absolute atomic E-state index is 0. The molecule has 2 nitrogen and oxygen atoms in total. The van der Waals surface area contributed by atoms with Crippen molar-refractivity contribution in [1.82, 2.24) is 9.97 Å². The molecule has 13 heavy (non-hydrogen) atoms. The van der Waals surface area contributed by atoms with Gasteiger partial charge >= 0.3 is 0 Å². The summed E-state index contributed by atoms with van der Waals surface area (Å²) < 4.78 is 0. The summed E-state index contributed by atoms with van der Waals surface area (Å²) >= 11 is 0. The molecule has 0 amide bonds. The Kier molecular flexibility index (Phi) is 3.76. The maximum atomic E-state index is 4.19. The van der Waals surface area contributed by atoms with Gasteiger partial charge in [-0.2, -0.15) is 0 Å². The van der Waals surface area contributed by atoms with Crippen LogP contribution < -0.4 is 0 Å². The second-order valence-corrected chi connectivity index (χ2v) is 2.43. The van der Waals surface area contributed by atoms with Gasteiger partial charge < -0.3 is 0 Å². The van der Waals surface area contributed by atoms with Crippen LogP contribution in [0, 0.1) is 0 Å². The summed E-state index contributed by atoms with van der Waals surface area (Å²) in [6.07, 6.45) is 3.54. The van der Waals surface area contributed by atoms with Gasteiger partial charge in [-0.25, -0.2) is 0 Å². The van der Waals surface area contributed by atoms with Crippen LogP contribution >= 0.6 is 0 Å². The van der Waals surface area contributed by atoms with Gasteiger partial charge in [0.25, 0.3) is 0 Å². The molecule has 2 aromatic rings. The SMILES string of the molecule is [Pd].c1ccc(-c2ccccn2)nc1. The molecule has 0 aliphatic heterocycles. The Morgan fingerprint density at radius 1 is 0.692 bits per heavy atom. The average Bonchev–Trinajstić information content (AvgIpc) is 2.21. The van der Waals surface area contributed by atoms with Crippen LogP contribution in [0.15, 0.2) is 48.8 Å². The van der Waals surface area contributed by atoms with Crippen LogP contribution in [0.3, 0.4) is 0 Å². The van der Waals surface area contributed by atoms with E-state index in [4.69, 9.17) is 0 Å². The molecule has 2 heterocycles. The van der Waals surface area contributed by atoms with Crippen molar-refractivity contribution in [1.29, 1.82) is 0 Å². The molecule has 0 fully saturated rings. The molecule has 0 unspecified atom stereocenters. The van der Waals surface area contributed by atoms with Crippen molar-refractivity contribution in [2.75, 3.05) is 0 Å². The Balaban J connectivity index is 0.000000845. The van der Waals surface area contributed by atoms with E-state index in [-0.39, 0.29) is 20.4 Å². The summed E-state index contributed by atoms with van der Waals surface area (Å²) in [5.74, 6) is 0. The fraction of sp³-hybridized carbons (Fsp3) is 0. The first-order chi connectivity index (χ1) is 5.97. The van der Waals surface area contributed by atoms with E-state index in [9.17, 15) is 0 Å². The molecule has 0 N–H and O–H groups in total. The van der Waals surface area contributed by atoms with Crippen molar-refractivity contribution < 1.29 is 20.4 Å². The largest absolute Gasteiger partial charge is 0.255 e. The van der Waals surface area contributed by atoms with E-state index >= 15 is 0 Å². The third-order valence-corrected chi connectivity index (χ3v) is 1.59. The minimum atomic E-state index is 0. The van der Waals surface area contributed by atoms with Gasteiger partial charge in [0, 0.05) is 32.8 Å². The topological polar surface area (TPSA) is 25.8 Å². The smallest absolute Gasteiger partial charge is 0.0886 e. The molecular formula is C10H8N2Pd. The number of hydrogen-bond donors (Lipinski definition) is 0. The summed E-state index contributed by atoms with van der Waals surface area (Å²) in [6.45, 7) is 0. The van der Waals surface area contributed by atoms with Crippen LogP contribution in [-0.2, 0) is 20.4 Å². The monoisotopic (exact) mass is 262 g/mol. The van der Waals surface area contributed by atoms with Gasteiger partial charge in [0.05, 0.1) is 11.4 Å². The van der Waals surface area contributed by atoms with Gasteiger partial charge in [-0.3, -0.25) is 9.97 Å². The van der Waals surface area contributed by atoms with Crippen LogP contribution in [-0.4, -0.2) is 9.97 Å². The molecule has 0 aromatic carbocycles. The molecule has 3 heteroatoms. The second-order valence-electron chi connectivity index (χ2n) is 2.43. The molecule has 0 spiro atoms. The summed E-state index contributed by atoms with van der Waals surface area (Å²) in [6, 6.07) is 11.6. The summed E-state index contributed by atoms with van der Waals surface area (Å²) in [5.41, 5.74) is 1.83. The maximum absolute atomic E-state index is 4.19. The molecule has 0 aliphatic rings. The number of nitrogens with zero attached hydrogens (tertiary/aromatic N) is 2. The molecule has 0 aliphatic carbocycles. The maximum Gasteiger partial charge on any atom is 0.0886 e. The minimum Gasteiger partial charge on any atom is -0.255 e. The Morgan fingerprint density at radius 3 is 1.46 bits per heavy atom. The summed E-state index contributed by atoms with van der Waals surface area (Å²) in [4.78, 5) is 8.37. The Morgan fingerprint density at radius 2 is 1.15 bits per heavy atom. The molecule has 68 valence electrons. The van der Waals surface area contributed by atoms with Gasteiger partial charge in [0.2, 0.25) is 0 Å². The quantitative estimate of drug-likeness (QED) is 0.736. The Hall–Kier alpha value is -1.04. The molecule has 0 saturated heterocycles. The zero-order valence-electron chi connectivity index (χ0n) is 6.83. The van der Waals surface area contributed by atoms with Crippen molar-refractivity contribution in [3.63, 3.8) is 0 Å². The van der Waals surface area contributed by atoms with Crippen LogP contribution in [0.2, 0.25) is 0 Å². The average molecular weight is 263 g/mol. The van der Waals surface area contributed by atoms with E-state index in [1.807, 2.05) is 36.4 Å². The normalized spacial score (nSPS) is 8.92. The van der Waals surface area contributed by atoms with E-state index in [1.165, 1.54) is 0 Å². The van der Waals surface area contributed by atoms with Crippen LogP contribution in [0.4, 0.5) is 0 Å². The van der Waals surface area contributed by atoms with Crippen molar-refractivity contribution in [2.24, 2.45) is 0 Å². The number of hydrogen-bond acceptors (Lipinski definition) is 2. The third kappa shape index (κ3) is 2.45.